The van der Waals surface area contributed by atoms with Crippen LogP contribution >= 0.6 is 23.5 Å². The lowest BCUT2D eigenvalue weighted by atomic mass is 10.1. The molecule has 1 heterocycles. The quantitative estimate of drug-likeness (QED) is 0.677. The van der Waals surface area contributed by atoms with Crippen LogP contribution in [0.2, 0.25) is 0 Å². The SMILES string of the molecule is C[C@H](C=O)[C@@H](O)C1SCCS1. The molecule has 0 aromatic heterocycles. The summed E-state index contributed by atoms with van der Waals surface area (Å²) in [6.07, 6.45) is 0.356. The summed E-state index contributed by atoms with van der Waals surface area (Å²) in [7, 11) is 0. The van der Waals surface area contributed by atoms with E-state index in [4.69, 9.17) is 0 Å². The van der Waals surface area contributed by atoms with Crippen molar-refractivity contribution in [1.29, 1.82) is 0 Å². The zero-order valence-corrected chi connectivity index (χ0v) is 8.03. The second-order valence-corrected chi connectivity index (χ2v) is 5.39. The zero-order valence-electron chi connectivity index (χ0n) is 6.40. The number of aldehydes is 1. The Morgan fingerprint density at radius 2 is 2.09 bits per heavy atom. The third kappa shape index (κ3) is 2.39. The number of aliphatic hydroxyl groups is 1. The lowest BCUT2D eigenvalue weighted by Crippen LogP contribution is -2.27. The van der Waals surface area contributed by atoms with E-state index in [1.165, 1.54) is 0 Å². The lowest BCUT2D eigenvalue weighted by molar-refractivity contribution is -0.113. The fourth-order valence-electron chi connectivity index (χ4n) is 0.902. The van der Waals surface area contributed by atoms with Gasteiger partial charge in [-0.3, -0.25) is 0 Å². The maximum Gasteiger partial charge on any atom is 0.125 e. The van der Waals surface area contributed by atoms with E-state index in [1.54, 1.807) is 30.4 Å². The first-order valence-corrected chi connectivity index (χ1v) is 5.72. The van der Waals surface area contributed by atoms with Crippen LogP contribution in [0.5, 0.6) is 0 Å². The summed E-state index contributed by atoms with van der Waals surface area (Å²) in [4.78, 5) is 10.3. The highest BCUT2D eigenvalue weighted by molar-refractivity contribution is 8.20. The van der Waals surface area contributed by atoms with E-state index in [9.17, 15) is 9.90 Å². The van der Waals surface area contributed by atoms with Crippen LogP contribution < -0.4 is 0 Å². The van der Waals surface area contributed by atoms with E-state index < -0.39 is 6.10 Å². The highest BCUT2D eigenvalue weighted by Crippen LogP contribution is 2.36. The standard InChI is InChI=1S/C7H12O2S2/c1-5(4-8)6(9)7-10-2-3-11-7/h4-7,9H,2-3H2,1H3/t5-,6-/m1/s1. The summed E-state index contributed by atoms with van der Waals surface area (Å²) in [5, 5.41) is 9.54. The number of hydrogen-bond donors (Lipinski definition) is 1. The van der Waals surface area contributed by atoms with Crippen LogP contribution in [0.4, 0.5) is 0 Å². The highest BCUT2D eigenvalue weighted by Gasteiger charge is 2.28. The van der Waals surface area contributed by atoms with Crippen LogP contribution in [0.15, 0.2) is 0 Å². The van der Waals surface area contributed by atoms with Crippen molar-refractivity contribution in [2.24, 2.45) is 5.92 Å². The van der Waals surface area contributed by atoms with E-state index in [1.807, 2.05) is 0 Å². The van der Waals surface area contributed by atoms with Gasteiger partial charge in [-0.1, -0.05) is 6.92 Å². The molecule has 0 radical (unpaired) electrons. The van der Waals surface area contributed by atoms with E-state index >= 15 is 0 Å². The van der Waals surface area contributed by atoms with Gasteiger partial charge in [-0.05, 0) is 0 Å². The Bertz CT molecular complexity index is 134. The molecule has 11 heavy (non-hydrogen) atoms. The van der Waals surface area contributed by atoms with Gasteiger partial charge in [-0.2, -0.15) is 0 Å². The molecule has 1 saturated heterocycles. The molecule has 1 fully saturated rings. The third-order valence-corrected chi connectivity index (χ3v) is 4.85. The number of aliphatic hydroxyl groups excluding tert-OH is 1. The van der Waals surface area contributed by atoms with Gasteiger partial charge in [0.15, 0.2) is 0 Å². The molecule has 0 bridgehead atoms. The van der Waals surface area contributed by atoms with Gasteiger partial charge in [0, 0.05) is 17.4 Å². The van der Waals surface area contributed by atoms with Crippen molar-refractivity contribution in [2.45, 2.75) is 17.6 Å². The first-order chi connectivity index (χ1) is 5.25. The molecule has 0 spiro atoms. The number of thioether (sulfide) groups is 2. The Labute approximate surface area is 75.1 Å². The largest absolute Gasteiger partial charge is 0.390 e. The Kier molecular flexibility index (Phi) is 3.75. The fourth-order valence-corrected chi connectivity index (χ4v) is 3.99. The van der Waals surface area contributed by atoms with Gasteiger partial charge in [-0.15, -0.1) is 23.5 Å². The summed E-state index contributed by atoms with van der Waals surface area (Å²) >= 11 is 3.50. The van der Waals surface area contributed by atoms with Crippen molar-refractivity contribution in [3.05, 3.63) is 0 Å². The summed E-state index contributed by atoms with van der Waals surface area (Å²) in [6.45, 7) is 1.76. The molecule has 1 rings (SSSR count). The summed E-state index contributed by atoms with van der Waals surface area (Å²) in [5.74, 6) is 1.97. The summed E-state index contributed by atoms with van der Waals surface area (Å²) < 4.78 is 0.218. The third-order valence-electron chi connectivity index (χ3n) is 1.68. The molecule has 0 saturated carbocycles. The molecule has 0 aliphatic carbocycles. The normalized spacial score (nSPS) is 24.9. The predicted molar refractivity (Wildman–Crippen MR) is 49.9 cm³/mol. The van der Waals surface area contributed by atoms with Gasteiger partial charge < -0.3 is 9.90 Å². The Hall–Kier alpha value is 0.330. The smallest absolute Gasteiger partial charge is 0.125 e. The van der Waals surface area contributed by atoms with Crippen molar-refractivity contribution in [2.75, 3.05) is 11.5 Å². The van der Waals surface area contributed by atoms with E-state index in [2.05, 4.69) is 0 Å². The zero-order chi connectivity index (χ0) is 8.27. The average Bonchev–Trinajstić information content (AvgIpc) is 2.53. The first-order valence-electron chi connectivity index (χ1n) is 3.62. The van der Waals surface area contributed by atoms with E-state index in [0.717, 1.165) is 17.8 Å². The summed E-state index contributed by atoms with van der Waals surface area (Å²) in [6, 6.07) is 0. The minimum absolute atomic E-state index is 0.218. The van der Waals surface area contributed by atoms with Gasteiger partial charge in [0.1, 0.15) is 6.29 Å². The van der Waals surface area contributed by atoms with Crippen LogP contribution in [0.25, 0.3) is 0 Å². The van der Waals surface area contributed by atoms with E-state index in [-0.39, 0.29) is 10.5 Å². The molecule has 2 atom stereocenters. The number of rotatable bonds is 3. The molecule has 64 valence electrons. The van der Waals surface area contributed by atoms with Crippen LogP contribution in [0, 0.1) is 5.92 Å². The Morgan fingerprint density at radius 1 is 1.55 bits per heavy atom. The van der Waals surface area contributed by atoms with Crippen molar-refractivity contribution in [3.8, 4) is 0 Å². The second-order valence-electron chi connectivity index (χ2n) is 2.60. The molecule has 4 heteroatoms. The van der Waals surface area contributed by atoms with Gasteiger partial charge in [0.25, 0.3) is 0 Å². The minimum Gasteiger partial charge on any atom is -0.390 e. The van der Waals surface area contributed by atoms with Crippen LogP contribution in [0.1, 0.15) is 6.92 Å². The topological polar surface area (TPSA) is 37.3 Å². The summed E-state index contributed by atoms with van der Waals surface area (Å²) in [5.41, 5.74) is 0. The van der Waals surface area contributed by atoms with Crippen molar-refractivity contribution >= 4 is 29.8 Å². The lowest BCUT2D eigenvalue weighted by Gasteiger charge is -2.18. The van der Waals surface area contributed by atoms with Crippen molar-refractivity contribution < 1.29 is 9.90 Å². The Morgan fingerprint density at radius 3 is 2.55 bits per heavy atom. The predicted octanol–water partition coefficient (Wildman–Crippen LogP) is 0.988. The fraction of sp³-hybridized carbons (Fsp3) is 0.857. The van der Waals surface area contributed by atoms with Crippen LogP contribution in [-0.4, -0.2) is 33.6 Å². The first kappa shape index (κ1) is 9.42. The van der Waals surface area contributed by atoms with Gasteiger partial charge in [0.05, 0.1) is 10.7 Å². The number of carbonyl (C=O) groups is 1. The number of carbonyl (C=O) groups excluding carboxylic acids is 1. The minimum atomic E-state index is -0.468. The molecular formula is C7H12O2S2. The van der Waals surface area contributed by atoms with Crippen LogP contribution in [0.3, 0.4) is 0 Å². The molecule has 1 N–H and O–H groups in total. The monoisotopic (exact) mass is 192 g/mol. The average molecular weight is 192 g/mol. The molecule has 0 unspecified atom stereocenters. The molecular weight excluding hydrogens is 180 g/mol. The molecule has 1 aliphatic heterocycles. The molecule has 2 nitrogen and oxygen atoms in total. The number of hydrogen-bond acceptors (Lipinski definition) is 4. The highest BCUT2D eigenvalue weighted by atomic mass is 32.2. The van der Waals surface area contributed by atoms with Gasteiger partial charge >= 0.3 is 0 Å². The van der Waals surface area contributed by atoms with Gasteiger partial charge in [-0.25, -0.2) is 0 Å². The second kappa shape index (κ2) is 4.38. The van der Waals surface area contributed by atoms with Gasteiger partial charge in [0.2, 0.25) is 0 Å². The van der Waals surface area contributed by atoms with Crippen molar-refractivity contribution in [1.82, 2.24) is 0 Å². The molecule has 0 amide bonds. The molecule has 0 aromatic carbocycles. The maximum atomic E-state index is 10.3. The van der Waals surface area contributed by atoms with Crippen molar-refractivity contribution in [3.63, 3.8) is 0 Å². The van der Waals surface area contributed by atoms with Crippen LogP contribution in [-0.2, 0) is 4.79 Å². The molecule has 1 aliphatic rings. The Balaban J connectivity index is 2.38. The molecule has 0 aromatic rings. The maximum absolute atomic E-state index is 10.3. The van der Waals surface area contributed by atoms with E-state index in [0.29, 0.717) is 0 Å².